The Morgan fingerprint density at radius 1 is 1.56 bits per heavy atom. The summed E-state index contributed by atoms with van der Waals surface area (Å²) in [6, 6.07) is 0. The van der Waals surface area contributed by atoms with Gasteiger partial charge in [0.1, 0.15) is 0 Å². The van der Waals surface area contributed by atoms with Crippen molar-refractivity contribution in [3.05, 3.63) is 0 Å². The third-order valence-corrected chi connectivity index (χ3v) is 2.28. The van der Waals surface area contributed by atoms with E-state index in [2.05, 4.69) is 5.92 Å². The molecule has 50 valence electrons. The lowest BCUT2D eigenvalue weighted by Crippen LogP contribution is -1.92. The smallest absolute Gasteiger partial charge is 0.0339 e. The number of terminal acetylenes is 1. The van der Waals surface area contributed by atoms with Crippen molar-refractivity contribution in [2.75, 3.05) is 0 Å². The van der Waals surface area contributed by atoms with Crippen molar-refractivity contribution >= 4 is 11.6 Å². The van der Waals surface area contributed by atoms with Crippen molar-refractivity contribution in [3.63, 3.8) is 0 Å². The fourth-order valence-electron chi connectivity index (χ4n) is 1.37. The van der Waals surface area contributed by atoms with E-state index in [1.165, 1.54) is 6.42 Å². The highest BCUT2D eigenvalue weighted by molar-refractivity contribution is 6.20. The first-order chi connectivity index (χ1) is 4.33. The second-order valence-corrected chi connectivity index (χ2v) is 3.30. The molecule has 1 fully saturated rings. The summed E-state index contributed by atoms with van der Waals surface area (Å²) in [7, 11) is 0. The van der Waals surface area contributed by atoms with Crippen LogP contribution in [0.3, 0.4) is 0 Å². The molecule has 0 bridgehead atoms. The zero-order chi connectivity index (χ0) is 6.69. The molecule has 9 heavy (non-hydrogen) atoms. The minimum Gasteiger partial charge on any atom is -0.123 e. The fraction of sp³-hybridized carbons (Fsp3) is 0.750. The molecular formula is C8H11Cl. The molecule has 0 nitrogen and oxygen atoms in total. The molecule has 0 amide bonds. The summed E-state index contributed by atoms with van der Waals surface area (Å²) in [5, 5.41) is 0.406. The van der Waals surface area contributed by atoms with Crippen LogP contribution in [0.5, 0.6) is 0 Å². The van der Waals surface area contributed by atoms with E-state index in [-0.39, 0.29) is 0 Å². The molecule has 0 N–H and O–H groups in total. The fourth-order valence-corrected chi connectivity index (χ4v) is 1.74. The van der Waals surface area contributed by atoms with Gasteiger partial charge in [0.15, 0.2) is 0 Å². The maximum absolute atomic E-state index is 5.87. The van der Waals surface area contributed by atoms with Gasteiger partial charge in [-0.05, 0) is 25.2 Å². The van der Waals surface area contributed by atoms with Gasteiger partial charge in [-0.2, -0.15) is 0 Å². The molecule has 0 radical (unpaired) electrons. The van der Waals surface area contributed by atoms with Gasteiger partial charge in [-0.1, -0.05) is 0 Å². The molecule has 0 spiro atoms. The number of hydrogen-bond acceptors (Lipinski definition) is 0. The highest BCUT2D eigenvalue weighted by Crippen LogP contribution is 2.30. The molecule has 0 aliphatic heterocycles. The molecule has 2 atom stereocenters. The Balaban J connectivity index is 2.24. The van der Waals surface area contributed by atoms with Crippen molar-refractivity contribution in [2.45, 2.75) is 31.1 Å². The van der Waals surface area contributed by atoms with E-state index in [4.69, 9.17) is 18.0 Å². The van der Waals surface area contributed by atoms with Crippen molar-refractivity contribution < 1.29 is 0 Å². The standard InChI is InChI=1S/C8H11Cl/c1-2-3-7-4-5-8(9)6-7/h1,7-8H,3-6H2. The second-order valence-electron chi connectivity index (χ2n) is 2.68. The maximum atomic E-state index is 5.87. The predicted molar refractivity (Wildman–Crippen MR) is 40.4 cm³/mol. The van der Waals surface area contributed by atoms with Crippen LogP contribution in [0, 0.1) is 18.3 Å². The van der Waals surface area contributed by atoms with Gasteiger partial charge in [-0.3, -0.25) is 0 Å². The summed E-state index contributed by atoms with van der Waals surface area (Å²) in [5.41, 5.74) is 0. The minimum atomic E-state index is 0.406. The molecule has 1 aliphatic rings. The molecule has 1 rings (SSSR count). The van der Waals surface area contributed by atoms with Crippen molar-refractivity contribution in [1.29, 1.82) is 0 Å². The van der Waals surface area contributed by atoms with Crippen LogP contribution in [-0.2, 0) is 0 Å². The molecule has 1 heteroatoms. The highest BCUT2D eigenvalue weighted by Gasteiger charge is 2.21. The SMILES string of the molecule is C#CCC1CCC(Cl)C1. The van der Waals surface area contributed by atoms with Gasteiger partial charge in [-0.25, -0.2) is 0 Å². The Hall–Kier alpha value is -0.150. The molecule has 0 aromatic heterocycles. The predicted octanol–water partition coefficient (Wildman–Crippen LogP) is 2.42. The minimum absolute atomic E-state index is 0.406. The van der Waals surface area contributed by atoms with Crippen LogP contribution in [0.2, 0.25) is 0 Å². The van der Waals surface area contributed by atoms with E-state index in [9.17, 15) is 0 Å². The van der Waals surface area contributed by atoms with E-state index >= 15 is 0 Å². The maximum Gasteiger partial charge on any atom is 0.0339 e. The molecule has 0 heterocycles. The zero-order valence-electron chi connectivity index (χ0n) is 5.44. The van der Waals surface area contributed by atoms with Crippen LogP contribution >= 0.6 is 11.6 Å². The van der Waals surface area contributed by atoms with Crippen LogP contribution in [0.15, 0.2) is 0 Å². The van der Waals surface area contributed by atoms with Gasteiger partial charge in [-0.15, -0.1) is 23.9 Å². The number of hydrogen-bond donors (Lipinski definition) is 0. The van der Waals surface area contributed by atoms with Gasteiger partial charge in [0.05, 0.1) is 0 Å². The van der Waals surface area contributed by atoms with Crippen LogP contribution in [0.1, 0.15) is 25.7 Å². The monoisotopic (exact) mass is 142 g/mol. The normalized spacial score (nSPS) is 34.2. The Morgan fingerprint density at radius 3 is 2.78 bits per heavy atom. The van der Waals surface area contributed by atoms with Crippen LogP contribution in [-0.4, -0.2) is 5.38 Å². The average Bonchev–Trinajstić information content (AvgIpc) is 2.17. The summed E-state index contributed by atoms with van der Waals surface area (Å²) >= 11 is 5.87. The Labute approximate surface area is 61.6 Å². The van der Waals surface area contributed by atoms with Crippen LogP contribution in [0.4, 0.5) is 0 Å². The Bertz CT molecular complexity index is 123. The second kappa shape index (κ2) is 3.13. The van der Waals surface area contributed by atoms with Crippen molar-refractivity contribution in [2.24, 2.45) is 5.92 Å². The summed E-state index contributed by atoms with van der Waals surface area (Å²) in [5.74, 6) is 3.39. The number of alkyl halides is 1. The molecular weight excluding hydrogens is 132 g/mol. The summed E-state index contributed by atoms with van der Waals surface area (Å²) in [6.45, 7) is 0. The van der Waals surface area contributed by atoms with Gasteiger partial charge in [0, 0.05) is 11.8 Å². The van der Waals surface area contributed by atoms with E-state index < -0.39 is 0 Å². The first-order valence-corrected chi connectivity index (χ1v) is 3.84. The highest BCUT2D eigenvalue weighted by atomic mass is 35.5. The third kappa shape index (κ3) is 1.91. The Kier molecular flexibility index (Phi) is 2.42. The van der Waals surface area contributed by atoms with Crippen molar-refractivity contribution in [1.82, 2.24) is 0 Å². The number of rotatable bonds is 1. The summed E-state index contributed by atoms with van der Waals surface area (Å²) < 4.78 is 0. The topological polar surface area (TPSA) is 0 Å². The van der Waals surface area contributed by atoms with E-state index in [0.717, 1.165) is 25.2 Å². The largest absolute Gasteiger partial charge is 0.123 e. The molecule has 1 aliphatic carbocycles. The lowest BCUT2D eigenvalue weighted by Gasteiger charge is -2.00. The van der Waals surface area contributed by atoms with Crippen LogP contribution < -0.4 is 0 Å². The average molecular weight is 143 g/mol. The first kappa shape index (κ1) is 6.96. The van der Waals surface area contributed by atoms with Gasteiger partial charge in [0.25, 0.3) is 0 Å². The number of halogens is 1. The Morgan fingerprint density at radius 2 is 2.33 bits per heavy atom. The molecule has 1 saturated carbocycles. The van der Waals surface area contributed by atoms with E-state index in [0.29, 0.717) is 5.38 Å². The molecule has 0 aromatic carbocycles. The quantitative estimate of drug-likeness (QED) is 0.390. The summed E-state index contributed by atoms with van der Waals surface area (Å²) in [6.07, 6.45) is 9.61. The third-order valence-electron chi connectivity index (χ3n) is 1.88. The van der Waals surface area contributed by atoms with Crippen molar-refractivity contribution in [3.8, 4) is 12.3 Å². The molecule has 0 saturated heterocycles. The van der Waals surface area contributed by atoms with Gasteiger partial charge >= 0.3 is 0 Å². The summed E-state index contributed by atoms with van der Waals surface area (Å²) in [4.78, 5) is 0. The van der Waals surface area contributed by atoms with E-state index in [1.807, 2.05) is 0 Å². The van der Waals surface area contributed by atoms with Gasteiger partial charge < -0.3 is 0 Å². The van der Waals surface area contributed by atoms with Gasteiger partial charge in [0.2, 0.25) is 0 Å². The zero-order valence-corrected chi connectivity index (χ0v) is 6.19. The lowest BCUT2D eigenvalue weighted by molar-refractivity contribution is 0.567. The van der Waals surface area contributed by atoms with E-state index in [1.54, 1.807) is 0 Å². The molecule has 0 aromatic rings. The lowest BCUT2D eigenvalue weighted by atomic mass is 10.1. The molecule has 2 unspecified atom stereocenters. The van der Waals surface area contributed by atoms with Crippen LogP contribution in [0.25, 0.3) is 0 Å². The first-order valence-electron chi connectivity index (χ1n) is 3.40.